The molecule has 1 heterocycles. The molecule has 2 rings (SSSR count). The summed E-state index contributed by atoms with van der Waals surface area (Å²) in [6.07, 6.45) is 0.212. The van der Waals surface area contributed by atoms with Crippen molar-refractivity contribution in [2.45, 2.75) is 52.3 Å². The predicted octanol–water partition coefficient (Wildman–Crippen LogP) is 1.40. The molecule has 148 valence electrons. The van der Waals surface area contributed by atoms with Gasteiger partial charge in [-0.05, 0) is 24.3 Å². The minimum atomic E-state index is -1.10. The lowest BCUT2D eigenvalue weighted by Crippen LogP contribution is -2.49. The maximum atomic E-state index is 12.7. The third-order valence-electron chi connectivity index (χ3n) is 4.38. The van der Waals surface area contributed by atoms with Crippen LogP contribution in [0.2, 0.25) is 0 Å². The number of aliphatic hydroxyl groups excluding tert-OH is 2. The van der Waals surface area contributed by atoms with Crippen LogP contribution >= 0.6 is 0 Å². The van der Waals surface area contributed by atoms with Crippen LogP contribution in [-0.4, -0.2) is 55.7 Å². The van der Waals surface area contributed by atoms with Crippen LogP contribution in [0.3, 0.4) is 0 Å². The molecule has 0 radical (unpaired) electrons. The van der Waals surface area contributed by atoms with E-state index >= 15 is 0 Å². The fourth-order valence-electron chi connectivity index (χ4n) is 2.88. The zero-order valence-electron chi connectivity index (χ0n) is 15.8. The number of benzene rings is 1. The van der Waals surface area contributed by atoms with Gasteiger partial charge in [0.1, 0.15) is 6.04 Å². The van der Waals surface area contributed by atoms with Gasteiger partial charge >= 0.3 is 5.97 Å². The molecule has 1 aromatic carbocycles. The first kappa shape index (κ1) is 20.9. The lowest BCUT2D eigenvalue weighted by atomic mass is 9.86. The normalized spacial score (nSPS) is 14.1. The van der Waals surface area contributed by atoms with Gasteiger partial charge in [0.15, 0.2) is 5.69 Å². The molecule has 4 N–H and O–H groups in total. The molecular weight excluding hydrogens is 350 g/mol. The van der Waals surface area contributed by atoms with E-state index in [0.717, 1.165) is 5.52 Å². The molecular formula is C19H27N3O5. The van der Waals surface area contributed by atoms with Crippen LogP contribution in [0.1, 0.15) is 44.1 Å². The number of aromatic nitrogens is 2. The van der Waals surface area contributed by atoms with E-state index in [4.69, 9.17) is 5.11 Å². The highest BCUT2D eigenvalue weighted by Crippen LogP contribution is 2.22. The Morgan fingerprint density at radius 2 is 1.93 bits per heavy atom. The number of nitrogens with one attached hydrogen (secondary N) is 1. The standard InChI is InChI=1S/C19H27N3O5/c1-19(2,3)16(18(26)27)20-17(25)15-13-8-4-5-9-14(13)22(21-15)10-6-7-12(24)11-23/h4-5,8-9,12,16,23-24H,6-7,10-11H2,1-3H3,(H,20,25)(H,26,27)/t12?,16-/m1/s1. The van der Waals surface area contributed by atoms with Crippen LogP contribution in [-0.2, 0) is 11.3 Å². The van der Waals surface area contributed by atoms with Crippen molar-refractivity contribution in [3.05, 3.63) is 30.0 Å². The minimum absolute atomic E-state index is 0.170. The van der Waals surface area contributed by atoms with E-state index in [1.54, 1.807) is 37.6 Å². The molecule has 2 aromatic rings. The number of carbonyl (C=O) groups is 2. The van der Waals surface area contributed by atoms with Gasteiger partial charge in [-0.2, -0.15) is 5.10 Å². The fraction of sp³-hybridized carbons (Fsp3) is 0.526. The largest absolute Gasteiger partial charge is 0.480 e. The first-order valence-corrected chi connectivity index (χ1v) is 8.93. The molecule has 1 unspecified atom stereocenters. The van der Waals surface area contributed by atoms with Crippen LogP contribution in [0.5, 0.6) is 0 Å². The molecule has 0 aliphatic carbocycles. The van der Waals surface area contributed by atoms with Gasteiger partial charge < -0.3 is 20.6 Å². The van der Waals surface area contributed by atoms with Crippen molar-refractivity contribution >= 4 is 22.8 Å². The van der Waals surface area contributed by atoms with Gasteiger partial charge in [-0.25, -0.2) is 4.79 Å². The number of hydrogen-bond donors (Lipinski definition) is 4. The summed E-state index contributed by atoms with van der Waals surface area (Å²) in [5.41, 5.74) is 0.271. The number of nitrogens with zero attached hydrogens (tertiary/aromatic N) is 2. The van der Waals surface area contributed by atoms with Gasteiger partial charge in [0.05, 0.1) is 18.2 Å². The van der Waals surface area contributed by atoms with Crippen LogP contribution in [0.4, 0.5) is 0 Å². The summed E-state index contributed by atoms with van der Waals surface area (Å²) in [5.74, 6) is -1.64. The molecule has 2 atom stereocenters. The third kappa shape index (κ3) is 5.05. The topological polar surface area (TPSA) is 125 Å². The molecule has 0 bridgehead atoms. The molecule has 1 aromatic heterocycles. The number of fused-ring (bicyclic) bond motifs is 1. The monoisotopic (exact) mass is 377 g/mol. The fourth-order valence-corrected chi connectivity index (χ4v) is 2.88. The van der Waals surface area contributed by atoms with Crippen molar-refractivity contribution in [2.24, 2.45) is 5.41 Å². The maximum absolute atomic E-state index is 12.7. The first-order valence-electron chi connectivity index (χ1n) is 8.93. The number of aryl methyl sites for hydroxylation is 1. The summed E-state index contributed by atoms with van der Waals surface area (Å²) >= 11 is 0. The second kappa shape index (κ2) is 8.49. The Labute approximate surface area is 157 Å². The van der Waals surface area contributed by atoms with Crippen LogP contribution in [0, 0.1) is 5.41 Å². The molecule has 27 heavy (non-hydrogen) atoms. The Bertz CT molecular complexity index is 809. The average Bonchev–Trinajstić information content (AvgIpc) is 2.97. The first-order chi connectivity index (χ1) is 12.6. The van der Waals surface area contributed by atoms with E-state index < -0.39 is 29.4 Å². The second-order valence-electron chi connectivity index (χ2n) is 7.68. The summed E-state index contributed by atoms with van der Waals surface area (Å²) in [6.45, 7) is 5.41. The molecule has 0 saturated heterocycles. The molecule has 0 spiro atoms. The summed E-state index contributed by atoms with van der Waals surface area (Å²) in [5, 5.41) is 35.4. The highest BCUT2D eigenvalue weighted by atomic mass is 16.4. The van der Waals surface area contributed by atoms with E-state index in [0.29, 0.717) is 24.8 Å². The van der Waals surface area contributed by atoms with Gasteiger partial charge in [-0.1, -0.05) is 39.0 Å². The molecule has 0 fully saturated rings. The van der Waals surface area contributed by atoms with Crippen molar-refractivity contribution in [1.29, 1.82) is 0 Å². The van der Waals surface area contributed by atoms with Gasteiger partial charge in [0.25, 0.3) is 5.91 Å². The van der Waals surface area contributed by atoms with Gasteiger partial charge in [-0.15, -0.1) is 0 Å². The number of carboxylic acid groups (broad SMARTS) is 1. The van der Waals surface area contributed by atoms with Crippen LogP contribution in [0.25, 0.3) is 10.9 Å². The smallest absolute Gasteiger partial charge is 0.326 e. The van der Waals surface area contributed by atoms with E-state index in [-0.39, 0.29) is 12.3 Å². The number of rotatable bonds is 8. The van der Waals surface area contributed by atoms with Gasteiger partial charge in [-0.3, -0.25) is 9.48 Å². The van der Waals surface area contributed by atoms with E-state index in [1.807, 2.05) is 12.1 Å². The molecule has 0 aliphatic rings. The Hall–Kier alpha value is -2.45. The highest BCUT2D eigenvalue weighted by Gasteiger charge is 2.33. The number of carboxylic acids is 1. The van der Waals surface area contributed by atoms with Gasteiger partial charge in [0.2, 0.25) is 0 Å². The lowest BCUT2D eigenvalue weighted by molar-refractivity contribution is -0.142. The summed E-state index contributed by atoms with van der Waals surface area (Å²) in [7, 11) is 0. The minimum Gasteiger partial charge on any atom is -0.480 e. The molecule has 0 aliphatic heterocycles. The number of aliphatic hydroxyl groups is 2. The molecule has 1 amide bonds. The number of hydrogen-bond acceptors (Lipinski definition) is 5. The van der Waals surface area contributed by atoms with Crippen molar-refractivity contribution in [3.63, 3.8) is 0 Å². The quantitative estimate of drug-likeness (QED) is 0.551. The Morgan fingerprint density at radius 3 is 2.52 bits per heavy atom. The predicted molar refractivity (Wildman–Crippen MR) is 100 cm³/mol. The zero-order valence-corrected chi connectivity index (χ0v) is 15.8. The number of para-hydroxylation sites is 1. The van der Waals surface area contributed by atoms with Crippen molar-refractivity contribution in [1.82, 2.24) is 15.1 Å². The van der Waals surface area contributed by atoms with Gasteiger partial charge in [0, 0.05) is 11.9 Å². The summed E-state index contributed by atoms with van der Waals surface area (Å²) in [4.78, 5) is 24.3. The van der Waals surface area contributed by atoms with Crippen LogP contribution in [0.15, 0.2) is 24.3 Å². The number of aliphatic carboxylic acids is 1. The lowest BCUT2D eigenvalue weighted by Gasteiger charge is -2.27. The van der Waals surface area contributed by atoms with Crippen molar-refractivity contribution in [3.8, 4) is 0 Å². The number of carbonyl (C=O) groups excluding carboxylic acids is 1. The second-order valence-corrected chi connectivity index (χ2v) is 7.68. The SMILES string of the molecule is CC(C)(C)[C@H](NC(=O)c1nn(CCCC(O)CO)c2ccccc12)C(=O)O. The third-order valence-corrected chi connectivity index (χ3v) is 4.38. The molecule has 0 saturated carbocycles. The maximum Gasteiger partial charge on any atom is 0.326 e. The zero-order chi connectivity index (χ0) is 20.2. The molecule has 8 nitrogen and oxygen atoms in total. The summed E-state index contributed by atoms with van der Waals surface area (Å²) in [6, 6.07) is 6.18. The highest BCUT2D eigenvalue weighted by molar-refractivity contribution is 6.06. The van der Waals surface area contributed by atoms with E-state index in [1.165, 1.54) is 0 Å². The average molecular weight is 377 g/mol. The Morgan fingerprint density at radius 1 is 1.26 bits per heavy atom. The number of amides is 1. The summed E-state index contributed by atoms with van der Waals surface area (Å²) < 4.78 is 1.67. The Kier molecular flexibility index (Phi) is 6.56. The van der Waals surface area contributed by atoms with E-state index in [9.17, 15) is 19.8 Å². The van der Waals surface area contributed by atoms with E-state index in [2.05, 4.69) is 10.4 Å². The Balaban J connectivity index is 2.27. The van der Waals surface area contributed by atoms with Crippen molar-refractivity contribution in [2.75, 3.05) is 6.61 Å². The van der Waals surface area contributed by atoms with Crippen LogP contribution < -0.4 is 5.32 Å². The molecule has 8 heteroatoms. The van der Waals surface area contributed by atoms with Crippen molar-refractivity contribution < 1.29 is 24.9 Å².